The van der Waals surface area contributed by atoms with Gasteiger partial charge in [-0.25, -0.2) is 27.9 Å². The monoisotopic (exact) mass is 304 g/mol. The van der Waals surface area contributed by atoms with E-state index in [2.05, 4.69) is 15.3 Å². The quantitative estimate of drug-likeness (QED) is 0.885. The van der Waals surface area contributed by atoms with Crippen LogP contribution in [0.1, 0.15) is 18.3 Å². The Morgan fingerprint density at radius 3 is 2.26 bits per heavy atom. The molecule has 0 aliphatic rings. The zero-order valence-corrected chi connectivity index (χ0v) is 12.1. The number of aryl methyl sites for hydroxylation is 2. The molecule has 104 valence electrons. The SMILES string of the molecule is CC=CS(=O)(=O)NC(=O)Nc1nc(C)c(Cl)c(C)n1. The number of nitrogens with one attached hydrogen (secondary N) is 2. The Morgan fingerprint density at radius 2 is 1.79 bits per heavy atom. The van der Waals surface area contributed by atoms with Crippen LogP contribution in [0.5, 0.6) is 0 Å². The van der Waals surface area contributed by atoms with E-state index >= 15 is 0 Å². The zero-order chi connectivity index (χ0) is 14.6. The summed E-state index contributed by atoms with van der Waals surface area (Å²) in [5.41, 5.74) is 0.974. The van der Waals surface area contributed by atoms with Crippen LogP contribution in [0.3, 0.4) is 0 Å². The van der Waals surface area contributed by atoms with E-state index in [4.69, 9.17) is 11.6 Å². The molecule has 19 heavy (non-hydrogen) atoms. The standard InChI is InChI=1S/C10H13ClN4O3S/c1-4-5-19(17,18)15-10(16)14-9-12-6(2)8(11)7(3)13-9/h4-5H,1-3H3,(H2,12,13,14,15,16). The highest BCUT2D eigenvalue weighted by molar-refractivity contribution is 7.92. The summed E-state index contributed by atoms with van der Waals surface area (Å²) in [6, 6.07) is -0.945. The second kappa shape index (κ2) is 5.98. The van der Waals surface area contributed by atoms with Crippen molar-refractivity contribution in [3.63, 3.8) is 0 Å². The molecule has 2 N–H and O–H groups in total. The number of amides is 2. The Bertz CT molecular complexity index is 605. The van der Waals surface area contributed by atoms with Gasteiger partial charge in [-0.3, -0.25) is 5.32 Å². The predicted molar refractivity (Wildman–Crippen MR) is 72.4 cm³/mol. The van der Waals surface area contributed by atoms with Crippen molar-refractivity contribution in [1.29, 1.82) is 0 Å². The number of aromatic nitrogens is 2. The van der Waals surface area contributed by atoms with E-state index in [1.807, 2.05) is 0 Å². The number of sulfonamides is 1. The molecule has 0 fully saturated rings. The maximum atomic E-state index is 11.5. The van der Waals surface area contributed by atoms with Crippen LogP contribution >= 0.6 is 11.6 Å². The zero-order valence-electron chi connectivity index (χ0n) is 10.6. The number of urea groups is 1. The lowest BCUT2D eigenvalue weighted by Crippen LogP contribution is -2.33. The lowest BCUT2D eigenvalue weighted by molar-refractivity contribution is 0.256. The largest absolute Gasteiger partial charge is 0.335 e. The lowest BCUT2D eigenvalue weighted by atomic mass is 10.3. The van der Waals surface area contributed by atoms with Crippen LogP contribution in [0.4, 0.5) is 10.7 Å². The van der Waals surface area contributed by atoms with E-state index in [9.17, 15) is 13.2 Å². The van der Waals surface area contributed by atoms with Crippen LogP contribution in [0.25, 0.3) is 0 Å². The summed E-state index contributed by atoms with van der Waals surface area (Å²) in [4.78, 5) is 19.3. The van der Waals surface area contributed by atoms with E-state index in [1.54, 1.807) is 18.6 Å². The second-order valence-electron chi connectivity index (χ2n) is 3.60. The molecule has 1 aromatic rings. The molecule has 0 unspecified atom stereocenters. The fraction of sp³-hybridized carbons (Fsp3) is 0.300. The van der Waals surface area contributed by atoms with Crippen molar-refractivity contribution >= 4 is 33.6 Å². The van der Waals surface area contributed by atoms with E-state index in [0.717, 1.165) is 5.41 Å². The molecule has 0 aliphatic heterocycles. The smallest absolute Gasteiger partial charge is 0.275 e. The topological polar surface area (TPSA) is 101 Å². The Kier molecular flexibility index (Phi) is 4.84. The van der Waals surface area contributed by atoms with Crippen LogP contribution in [0.2, 0.25) is 5.02 Å². The molecule has 7 nitrogen and oxygen atoms in total. The number of allylic oxidation sites excluding steroid dienone is 1. The summed E-state index contributed by atoms with van der Waals surface area (Å²) < 4.78 is 24.4. The molecule has 0 saturated carbocycles. The van der Waals surface area contributed by atoms with Crippen molar-refractivity contribution in [2.75, 3.05) is 5.32 Å². The van der Waals surface area contributed by atoms with Gasteiger partial charge in [0.25, 0.3) is 10.0 Å². The summed E-state index contributed by atoms with van der Waals surface area (Å²) in [7, 11) is -3.80. The Balaban J connectivity index is 2.84. The number of hydrogen-bond donors (Lipinski definition) is 2. The maximum absolute atomic E-state index is 11.5. The van der Waals surface area contributed by atoms with Crippen molar-refractivity contribution in [3.8, 4) is 0 Å². The average molecular weight is 305 g/mol. The maximum Gasteiger partial charge on any atom is 0.335 e. The highest BCUT2D eigenvalue weighted by Gasteiger charge is 2.13. The van der Waals surface area contributed by atoms with Gasteiger partial charge in [0, 0.05) is 5.41 Å². The normalized spacial score (nSPS) is 11.6. The molecule has 1 aromatic heterocycles. The molecule has 0 radical (unpaired) electrons. The van der Waals surface area contributed by atoms with Gasteiger partial charge in [0.2, 0.25) is 5.95 Å². The first-order chi connectivity index (χ1) is 8.75. The number of carbonyl (C=O) groups excluding carboxylic acids is 1. The Labute approximate surface area is 116 Å². The van der Waals surface area contributed by atoms with Crippen LogP contribution in [-0.4, -0.2) is 24.4 Å². The fourth-order valence-electron chi connectivity index (χ4n) is 1.23. The van der Waals surface area contributed by atoms with Crippen LogP contribution < -0.4 is 10.0 Å². The summed E-state index contributed by atoms with van der Waals surface area (Å²) in [5.74, 6) is -0.0208. The van der Waals surface area contributed by atoms with Gasteiger partial charge < -0.3 is 0 Å². The van der Waals surface area contributed by atoms with Crippen molar-refractivity contribution in [1.82, 2.24) is 14.7 Å². The van der Waals surface area contributed by atoms with E-state index in [0.29, 0.717) is 16.4 Å². The van der Waals surface area contributed by atoms with Gasteiger partial charge in [-0.05, 0) is 20.8 Å². The third-order valence-corrected chi connectivity index (χ3v) is 3.61. The highest BCUT2D eigenvalue weighted by atomic mass is 35.5. The van der Waals surface area contributed by atoms with E-state index < -0.39 is 16.1 Å². The summed E-state index contributed by atoms with van der Waals surface area (Å²) in [5, 5.41) is 3.48. The van der Waals surface area contributed by atoms with E-state index in [1.165, 1.54) is 13.0 Å². The van der Waals surface area contributed by atoms with Crippen molar-refractivity contribution in [3.05, 3.63) is 27.9 Å². The number of halogens is 1. The van der Waals surface area contributed by atoms with Gasteiger partial charge in [0.05, 0.1) is 16.4 Å². The molecule has 2 amide bonds. The molecule has 1 heterocycles. The molecule has 1 rings (SSSR count). The number of rotatable bonds is 3. The molecule has 0 spiro atoms. The predicted octanol–water partition coefficient (Wildman–Crippen LogP) is 1.73. The summed E-state index contributed by atoms with van der Waals surface area (Å²) in [6.45, 7) is 4.82. The molecule has 0 bridgehead atoms. The molecule has 0 atom stereocenters. The minimum absolute atomic E-state index is 0.0208. The van der Waals surface area contributed by atoms with Gasteiger partial charge in [-0.2, -0.15) is 0 Å². The Hall–Kier alpha value is -1.67. The van der Waals surface area contributed by atoms with Crippen molar-refractivity contribution in [2.24, 2.45) is 0 Å². The van der Waals surface area contributed by atoms with Gasteiger partial charge in [0.15, 0.2) is 0 Å². The third kappa shape index (κ3) is 4.49. The first-order valence-corrected chi connectivity index (χ1v) is 7.15. The lowest BCUT2D eigenvalue weighted by Gasteiger charge is -2.07. The van der Waals surface area contributed by atoms with Gasteiger partial charge >= 0.3 is 6.03 Å². The van der Waals surface area contributed by atoms with Crippen LogP contribution in [0.15, 0.2) is 11.5 Å². The fourth-order valence-corrected chi connectivity index (χ4v) is 2.05. The molecule has 0 saturated heterocycles. The van der Waals surface area contributed by atoms with Gasteiger partial charge in [-0.15, -0.1) is 0 Å². The first-order valence-electron chi connectivity index (χ1n) is 5.22. The Morgan fingerprint density at radius 1 is 1.26 bits per heavy atom. The molecular weight excluding hydrogens is 292 g/mol. The van der Waals surface area contributed by atoms with Crippen LogP contribution in [-0.2, 0) is 10.0 Å². The number of nitrogens with zero attached hydrogens (tertiary/aromatic N) is 2. The number of carbonyl (C=O) groups is 1. The molecule has 0 aliphatic carbocycles. The molecule has 9 heteroatoms. The van der Waals surface area contributed by atoms with Gasteiger partial charge in [-0.1, -0.05) is 17.7 Å². The summed E-state index contributed by atoms with van der Waals surface area (Å²) >= 11 is 5.88. The highest BCUT2D eigenvalue weighted by Crippen LogP contribution is 2.17. The molecule has 0 aromatic carbocycles. The average Bonchev–Trinajstić information content (AvgIpc) is 2.24. The second-order valence-corrected chi connectivity index (χ2v) is 5.55. The van der Waals surface area contributed by atoms with Crippen LogP contribution in [0, 0.1) is 13.8 Å². The first kappa shape index (κ1) is 15.4. The minimum Gasteiger partial charge on any atom is -0.275 e. The van der Waals surface area contributed by atoms with Crippen molar-refractivity contribution in [2.45, 2.75) is 20.8 Å². The summed E-state index contributed by atoms with van der Waals surface area (Å²) in [6.07, 6.45) is 1.29. The molecular formula is C10H13ClN4O3S. The van der Waals surface area contributed by atoms with Crippen molar-refractivity contribution < 1.29 is 13.2 Å². The van der Waals surface area contributed by atoms with Gasteiger partial charge in [0.1, 0.15) is 0 Å². The number of anilines is 1. The third-order valence-electron chi connectivity index (χ3n) is 1.96. The number of hydrogen-bond acceptors (Lipinski definition) is 5. The minimum atomic E-state index is -3.80. The van der Waals surface area contributed by atoms with E-state index in [-0.39, 0.29) is 5.95 Å².